The topological polar surface area (TPSA) is 37.3 Å². The van der Waals surface area contributed by atoms with Crippen LogP contribution in [0.2, 0.25) is 0 Å². The molecule has 0 fully saturated rings. The Labute approximate surface area is 189 Å². The maximum Gasteiger partial charge on any atom is 0.322 e. The molecule has 4 aromatic rings. The lowest BCUT2D eigenvalue weighted by molar-refractivity contribution is 0.194. The smallest absolute Gasteiger partial charge is 0.318 e. The predicted molar refractivity (Wildman–Crippen MR) is 129 cm³/mol. The lowest BCUT2D eigenvalue weighted by atomic mass is 9.97. The lowest BCUT2D eigenvalue weighted by Crippen LogP contribution is -2.38. The number of fused-ring (bicyclic) bond motifs is 3. The second-order valence-electron chi connectivity index (χ2n) is 8.30. The molecule has 5 rings (SSSR count). The molecule has 0 saturated heterocycles. The molecule has 1 aliphatic rings. The number of nitrogens with zero attached hydrogens (tertiary/aromatic N) is 2. The number of hydrogen-bond donors (Lipinski definition) is 1. The summed E-state index contributed by atoms with van der Waals surface area (Å²) in [5, 5.41) is 3.14. The van der Waals surface area contributed by atoms with Crippen molar-refractivity contribution in [3.63, 3.8) is 0 Å². The number of rotatable bonds is 3. The number of urea groups is 1. The summed E-state index contributed by atoms with van der Waals surface area (Å²) in [4.78, 5) is 15.7. The van der Waals surface area contributed by atoms with Gasteiger partial charge in [-0.3, -0.25) is 0 Å². The fraction of sp³-hybridized carbons (Fsp3) is 0.179. The Hall–Kier alpha value is -3.79. The largest absolute Gasteiger partial charge is 0.322 e. The second kappa shape index (κ2) is 8.39. The number of anilines is 1. The molecule has 0 radical (unpaired) electrons. The van der Waals surface area contributed by atoms with Crippen molar-refractivity contribution < 1.29 is 4.79 Å². The molecule has 0 aliphatic carbocycles. The Morgan fingerprint density at radius 3 is 2.47 bits per heavy atom. The van der Waals surface area contributed by atoms with Crippen LogP contribution in [-0.2, 0) is 13.0 Å². The first kappa shape index (κ1) is 20.1. The molecule has 0 bridgehead atoms. The molecule has 1 aliphatic heterocycles. The van der Waals surface area contributed by atoms with Crippen LogP contribution in [0.15, 0.2) is 91.1 Å². The number of carbonyl (C=O) groups excluding carboxylic acids is 1. The number of amides is 2. The molecule has 4 nitrogen and oxygen atoms in total. The van der Waals surface area contributed by atoms with E-state index in [1.54, 1.807) is 0 Å². The fourth-order valence-electron chi connectivity index (χ4n) is 4.58. The zero-order chi connectivity index (χ0) is 22.1. The average molecular weight is 422 g/mol. The van der Waals surface area contributed by atoms with E-state index in [1.165, 1.54) is 11.1 Å². The van der Waals surface area contributed by atoms with Crippen LogP contribution in [0.5, 0.6) is 0 Å². The summed E-state index contributed by atoms with van der Waals surface area (Å²) in [6.07, 6.45) is 3.06. The van der Waals surface area contributed by atoms with Crippen molar-refractivity contribution >= 4 is 11.7 Å². The summed E-state index contributed by atoms with van der Waals surface area (Å²) in [5.74, 6) is 0. The minimum absolute atomic E-state index is 0.105. The van der Waals surface area contributed by atoms with E-state index in [2.05, 4.69) is 84.5 Å². The molecule has 1 atom stereocenters. The van der Waals surface area contributed by atoms with Crippen LogP contribution in [0.4, 0.5) is 10.5 Å². The highest BCUT2D eigenvalue weighted by Gasteiger charge is 2.33. The van der Waals surface area contributed by atoms with Crippen molar-refractivity contribution in [3.8, 4) is 5.69 Å². The van der Waals surface area contributed by atoms with Crippen LogP contribution >= 0.6 is 0 Å². The summed E-state index contributed by atoms with van der Waals surface area (Å²) in [5.41, 5.74) is 7.69. The van der Waals surface area contributed by atoms with Gasteiger partial charge in [-0.2, -0.15) is 0 Å². The van der Waals surface area contributed by atoms with Gasteiger partial charge in [-0.1, -0.05) is 61.5 Å². The van der Waals surface area contributed by atoms with Crippen molar-refractivity contribution in [2.75, 3.05) is 5.32 Å². The molecule has 2 amide bonds. The van der Waals surface area contributed by atoms with Gasteiger partial charge >= 0.3 is 6.03 Å². The van der Waals surface area contributed by atoms with Gasteiger partial charge in [0.1, 0.15) is 6.04 Å². The van der Waals surface area contributed by atoms with E-state index in [4.69, 9.17) is 0 Å². The standard InChI is InChI=1S/C28H27N3O/c1-3-21-14-16-23(17-15-21)29-28(32)31-19-22-10-5-7-12-25(22)30-18-8-13-26(30)27(31)24-11-6-4-9-20(24)2/h4-18,27H,3,19H2,1-2H3,(H,29,32)/t27-/m0/s1. The number of carbonyl (C=O) groups is 1. The van der Waals surface area contributed by atoms with Crippen molar-refractivity contribution in [3.05, 3.63) is 119 Å². The van der Waals surface area contributed by atoms with E-state index in [1.807, 2.05) is 35.2 Å². The van der Waals surface area contributed by atoms with Gasteiger partial charge < -0.3 is 14.8 Å². The van der Waals surface area contributed by atoms with Crippen LogP contribution in [0.3, 0.4) is 0 Å². The van der Waals surface area contributed by atoms with Crippen LogP contribution < -0.4 is 5.32 Å². The molecule has 0 unspecified atom stereocenters. The number of nitrogens with one attached hydrogen (secondary N) is 1. The number of para-hydroxylation sites is 1. The van der Waals surface area contributed by atoms with Gasteiger partial charge in [0.2, 0.25) is 0 Å². The molecule has 32 heavy (non-hydrogen) atoms. The van der Waals surface area contributed by atoms with Crippen LogP contribution in [0, 0.1) is 6.92 Å². The fourth-order valence-corrected chi connectivity index (χ4v) is 4.58. The number of aryl methyl sites for hydroxylation is 2. The van der Waals surface area contributed by atoms with Crippen molar-refractivity contribution in [2.24, 2.45) is 0 Å². The molecule has 160 valence electrons. The normalized spacial score (nSPS) is 14.9. The number of benzene rings is 3. The van der Waals surface area contributed by atoms with Gasteiger partial charge in [0.25, 0.3) is 0 Å². The minimum atomic E-state index is -0.200. The predicted octanol–water partition coefficient (Wildman–Crippen LogP) is 6.49. The van der Waals surface area contributed by atoms with Gasteiger partial charge in [-0.25, -0.2) is 4.79 Å². The highest BCUT2D eigenvalue weighted by Crippen LogP contribution is 2.38. The zero-order valence-corrected chi connectivity index (χ0v) is 18.5. The first-order valence-electron chi connectivity index (χ1n) is 11.1. The Balaban J connectivity index is 1.61. The van der Waals surface area contributed by atoms with Crippen molar-refractivity contribution in [1.29, 1.82) is 0 Å². The van der Waals surface area contributed by atoms with Crippen molar-refractivity contribution in [1.82, 2.24) is 9.47 Å². The summed E-state index contributed by atoms with van der Waals surface area (Å²) < 4.78 is 2.22. The molecular formula is C28H27N3O. The molecule has 4 heteroatoms. The van der Waals surface area contributed by atoms with Crippen LogP contribution in [0.1, 0.15) is 40.9 Å². The van der Waals surface area contributed by atoms with E-state index >= 15 is 0 Å². The minimum Gasteiger partial charge on any atom is -0.318 e. The van der Waals surface area contributed by atoms with Gasteiger partial charge in [0.05, 0.1) is 12.2 Å². The second-order valence-corrected chi connectivity index (χ2v) is 8.30. The van der Waals surface area contributed by atoms with Gasteiger partial charge in [0, 0.05) is 17.6 Å². The number of aromatic nitrogens is 1. The maximum atomic E-state index is 13.7. The van der Waals surface area contributed by atoms with E-state index in [0.29, 0.717) is 6.54 Å². The first-order valence-corrected chi connectivity index (χ1v) is 11.1. The number of hydrogen-bond acceptors (Lipinski definition) is 1. The zero-order valence-electron chi connectivity index (χ0n) is 18.5. The molecule has 1 N–H and O–H groups in total. The Morgan fingerprint density at radius 1 is 0.938 bits per heavy atom. The highest BCUT2D eigenvalue weighted by molar-refractivity contribution is 5.90. The first-order chi connectivity index (χ1) is 15.7. The summed E-state index contributed by atoms with van der Waals surface area (Å²) in [7, 11) is 0. The molecule has 0 spiro atoms. The van der Waals surface area contributed by atoms with Gasteiger partial charge in [-0.15, -0.1) is 0 Å². The van der Waals surface area contributed by atoms with E-state index in [9.17, 15) is 4.79 Å². The van der Waals surface area contributed by atoms with Crippen LogP contribution in [0.25, 0.3) is 5.69 Å². The summed E-state index contributed by atoms with van der Waals surface area (Å²) >= 11 is 0. The molecular weight excluding hydrogens is 394 g/mol. The Bertz CT molecular complexity index is 1260. The average Bonchev–Trinajstić information content (AvgIpc) is 3.25. The van der Waals surface area contributed by atoms with E-state index in [-0.39, 0.29) is 12.1 Å². The molecule has 1 aromatic heterocycles. The van der Waals surface area contributed by atoms with Crippen molar-refractivity contribution in [2.45, 2.75) is 32.9 Å². The molecule has 2 heterocycles. The third-order valence-corrected chi connectivity index (χ3v) is 6.32. The third kappa shape index (κ3) is 3.58. The quantitative estimate of drug-likeness (QED) is 0.404. The molecule has 0 saturated carbocycles. The Morgan fingerprint density at radius 2 is 1.69 bits per heavy atom. The Kier molecular flexibility index (Phi) is 5.28. The van der Waals surface area contributed by atoms with Gasteiger partial charge in [-0.05, 0) is 65.9 Å². The van der Waals surface area contributed by atoms with E-state index in [0.717, 1.165) is 34.6 Å². The highest BCUT2D eigenvalue weighted by atomic mass is 16.2. The molecule has 3 aromatic carbocycles. The van der Waals surface area contributed by atoms with Gasteiger partial charge in [0.15, 0.2) is 0 Å². The van der Waals surface area contributed by atoms with E-state index < -0.39 is 0 Å². The monoisotopic (exact) mass is 421 g/mol. The lowest BCUT2D eigenvalue weighted by Gasteiger charge is -2.32. The summed E-state index contributed by atoms with van der Waals surface area (Å²) in [6, 6.07) is 28.6. The SMILES string of the molecule is CCc1ccc(NC(=O)N2Cc3ccccc3-n3cccc3[C@@H]2c2ccccc2C)cc1. The summed E-state index contributed by atoms with van der Waals surface area (Å²) in [6.45, 7) is 4.76. The third-order valence-electron chi connectivity index (χ3n) is 6.32. The van der Waals surface area contributed by atoms with Crippen LogP contribution in [-0.4, -0.2) is 15.5 Å². The maximum absolute atomic E-state index is 13.7.